The van der Waals surface area contributed by atoms with E-state index in [4.69, 9.17) is 9.47 Å². The molecular formula is C21H22F4O3. The van der Waals surface area contributed by atoms with E-state index in [0.717, 1.165) is 37.8 Å². The van der Waals surface area contributed by atoms with Crippen molar-refractivity contribution < 1.29 is 31.8 Å². The first kappa shape index (κ1) is 20.5. The number of hydrogen-bond donors (Lipinski definition) is 0. The minimum absolute atomic E-state index is 0.114. The molecular weight excluding hydrogens is 376 g/mol. The molecule has 0 unspecified atom stereocenters. The Morgan fingerprint density at radius 1 is 0.893 bits per heavy atom. The minimum atomic E-state index is -3.30. The van der Waals surface area contributed by atoms with Crippen molar-refractivity contribution in [1.29, 1.82) is 0 Å². The van der Waals surface area contributed by atoms with Gasteiger partial charge in [0.2, 0.25) is 0 Å². The van der Waals surface area contributed by atoms with Crippen molar-refractivity contribution in [2.45, 2.75) is 51.4 Å². The van der Waals surface area contributed by atoms with Crippen LogP contribution >= 0.6 is 0 Å². The van der Waals surface area contributed by atoms with Crippen LogP contribution in [0.4, 0.5) is 17.6 Å². The summed E-state index contributed by atoms with van der Waals surface area (Å²) in [6, 6.07) is 8.72. The highest BCUT2D eigenvalue weighted by Crippen LogP contribution is 2.31. The molecule has 3 rings (SSSR count). The van der Waals surface area contributed by atoms with E-state index in [-0.39, 0.29) is 11.7 Å². The molecule has 0 amide bonds. The molecule has 0 radical (unpaired) electrons. The zero-order valence-electron chi connectivity index (χ0n) is 15.5. The molecule has 0 saturated heterocycles. The van der Waals surface area contributed by atoms with Gasteiger partial charge >= 0.3 is 6.61 Å². The number of benzene rings is 2. The molecule has 152 valence electrons. The second kappa shape index (κ2) is 9.28. The van der Waals surface area contributed by atoms with E-state index in [1.807, 2.05) is 6.92 Å². The highest BCUT2D eigenvalue weighted by atomic mass is 19.3. The van der Waals surface area contributed by atoms with Crippen molar-refractivity contribution >= 4 is 0 Å². The average molecular weight is 398 g/mol. The summed E-state index contributed by atoms with van der Waals surface area (Å²) in [6.07, 6.45) is 4.16. The molecule has 1 saturated carbocycles. The second-order valence-corrected chi connectivity index (χ2v) is 6.64. The van der Waals surface area contributed by atoms with Gasteiger partial charge in [-0.2, -0.15) is 8.78 Å². The van der Waals surface area contributed by atoms with Gasteiger partial charge in [-0.3, -0.25) is 0 Å². The van der Waals surface area contributed by atoms with Crippen LogP contribution in [0.1, 0.15) is 32.6 Å². The fraction of sp³-hybridized carbons (Fsp3) is 0.429. The fourth-order valence-corrected chi connectivity index (χ4v) is 3.40. The highest BCUT2D eigenvalue weighted by Gasteiger charge is 2.22. The van der Waals surface area contributed by atoms with Gasteiger partial charge in [0, 0.05) is 6.61 Å². The van der Waals surface area contributed by atoms with Crippen LogP contribution in [0.2, 0.25) is 0 Å². The van der Waals surface area contributed by atoms with Crippen LogP contribution in [-0.4, -0.2) is 25.4 Å². The predicted molar refractivity (Wildman–Crippen MR) is 96.7 cm³/mol. The van der Waals surface area contributed by atoms with E-state index < -0.39 is 24.0 Å². The van der Waals surface area contributed by atoms with Crippen molar-refractivity contribution in [3.8, 4) is 22.6 Å². The lowest BCUT2D eigenvalue weighted by atomic mass is 9.95. The monoisotopic (exact) mass is 398 g/mol. The lowest BCUT2D eigenvalue weighted by molar-refractivity contribution is -0.0546. The Balaban J connectivity index is 1.65. The van der Waals surface area contributed by atoms with E-state index in [1.54, 1.807) is 24.3 Å². The molecule has 0 aliphatic heterocycles. The highest BCUT2D eigenvalue weighted by molar-refractivity contribution is 5.65. The Kier molecular flexibility index (Phi) is 6.78. The molecule has 0 aromatic heterocycles. The van der Waals surface area contributed by atoms with E-state index in [9.17, 15) is 17.6 Å². The Bertz CT molecular complexity index is 749. The van der Waals surface area contributed by atoms with Gasteiger partial charge in [0.15, 0.2) is 17.4 Å². The van der Waals surface area contributed by atoms with Gasteiger partial charge in [0.25, 0.3) is 0 Å². The molecule has 0 spiro atoms. The number of rotatable bonds is 7. The van der Waals surface area contributed by atoms with E-state index in [2.05, 4.69) is 4.74 Å². The maximum absolute atomic E-state index is 13.9. The lowest BCUT2D eigenvalue weighted by Gasteiger charge is -2.28. The molecule has 0 heterocycles. The standard InChI is InChI=1S/C21H22F4O3/c1-2-26-15-7-9-17(10-8-15)27-16-5-3-13(4-6-16)14-11-18(22)20(19(23)12-14)28-21(24)25/h3-6,11-12,15,17,21H,2,7-10H2,1H3. The molecule has 0 bridgehead atoms. The number of halogens is 4. The van der Waals surface area contributed by atoms with Crippen LogP contribution in [0.15, 0.2) is 36.4 Å². The molecule has 3 nitrogen and oxygen atoms in total. The topological polar surface area (TPSA) is 27.7 Å². The van der Waals surface area contributed by atoms with Gasteiger partial charge in [0.05, 0.1) is 12.2 Å². The predicted octanol–water partition coefficient (Wildman–Crippen LogP) is 5.96. The third kappa shape index (κ3) is 5.16. The third-order valence-corrected chi connectivity index (χ3v) is 4.72. The van der Waals surface area contributed by atoms with Gasteiger partial charge in [0.1, 0.15) is 5.75 Å². The van der Waals surface area contributed by atoms with Crippen LogP contribution in [0, 0.1) is 11.6 Å². The quantitative estimate of drug-likeness (QED) is 0.539. The van der Waals surface area contributed by atoms with Crippen molar-refractivity contribution in [1.82, 2.24) is 0 Å². The van der Waals surface area contributed by atoms with Gasteiger partial charge in [-0.15, -0.1) is 0 Å². The largest absolute Gasteiger partial charge is 0.490 e. The van der Waals surface area contributed by atoms with E-state index in [0.29, 0.717) is 24.0 Å². The smallest absolute Gasteiger partial charge is 0.387 e. The normalized spacial score (nSPS) is 19.6. The minimum Gasteiger partial charge on any atom is -0.490 e. The summed E-state index contributed by atoms with van der Waals surface area (Å²) in [7, 11) is 0. The molecule has 28 heavy (non-hydrogen) atoms. The molecule has 2 aromatic rings. The van der Waals surface area contributed by atoms with E-state index >= 15 is 0 Å². The molecule has 0 N–H and O–H groups in total. The maximum Gasteiger partial charge on any atom is 0.387 e. The summed E-state index contributed by atoms with van der Waals surface area (Å²) < 4.78 is 67.7. The van der Waals surface area contributed by atoms with Crippen molar-refractivity contribution in [2.75, 3.05) is 6.61 Å². The van der Waals surface area contributed by atoms with Crippen molar-refractivity contribution in [3.05, 3.63) is 48.0 Å². The Hall–Kier alpha value is -2.28. The second-order valence-electron chi connectivity index (χ2n) is 6.64. The third-order valence-electron chi connectivity index (χ3n) is 4.72. The van der Waals surface area contributed by atoms with Gasteiger partial charge < -0.3 is 14.2 Å². The molecule has 7 heteroatoms. The van der Waals surface area contributed by atoms with Crippen LogP contribution in [0.25, 0.3) is 11.1 Å². The number of alkyl halides is 2. The Morgan fingerprint density at radius 3 is 2.00 bits per heavy atom. The summed E-state index contributed by atoms with van der Waals surface area (Å²) in [4.78, 5) is 0. The van der Waals surface area contributed by atoms with Crippen LogP contribution in [-0.2, 0) is 4.74 Å². The SMILES string of the molecule is CCOC1CCC(Oc2ccc(-c3cc(F)c(OC(F)F)c(F)c3)cc2)CC1. The summed E-state index contributed by atoms with van der Waals surface area (Å²) in [5.41, 5.74) is 0.759. The van der Waals surface area contributed by atoms with Crippen LogP contribution in [0.5, 0.6) is 11.5 Å². The molecule has 1 aliphatic rings. The first-order valence-electron chi connectivity index (χ1n) is 9.28. The first-order chi connectivity index (χ1) is 13.5. The molecule has 1 fully saturated rings. The van der Waals surface area contributed by atoms with Crippen molar-refractivity contribution in [2.24, 2.45) is 0 Å². The average Bonchev–Trinajstić information content (AvgIpc) is 2.67. The summed E-state index contributed by atoms with van der Waals surface area (Å²) in [5, 5.41) is 0. The first-order valence-corrected chi connectivity index (χ1v) is 9.28. The summed E-state index contributed by atoms with van der Waals surface area (Å²) in [5.74, 6) is -2.77. The van der Waals surface area contributed by atoms with Gasteiger partial charge in [-0.1, -0.05) is 12.1 Å². The fourth-order valence-electron chi connectivity index (χ4n) is 3.40. The zero-order chi connectivity index (χ0) is 20.1. The van der Waals surface area contributed by atoms with E-state index in [1.165, 1.54) is 0 Å². The molecule has 1 aliphatic carbocycles. The van der Waals surface area contributed by atoms with Crippen molar-refractivity contribution in [3.63, 3.8) is 0 Å². The number of ether oxygens (including phenoxy) is 3. The number of hydrogen-bond acceptors (Lipinski definition) is 3. The summed E-state index contributed by atoms with van der Waals surface area (Å²) >= 11 is 0. The maximum atomic E-state index is 13.9. The Labute approximate surface area is 161 Å². The molecule has 2 aromatic carbocycles. The van der Waals surface area contributed by atoms with Crippen LogP contribution < -0.4 is 9.47 Å². The lowest BCUT2D eigenvalue weighted by Crippen LogP contribution is -2.28. The van der Waals surface area contributed by atoms with Crippen LogP contribution in [0.3, 0.4) is 0 Å². The van der Waals surface area contributed by atoms with Gasteiger partial charge in [-0.05, 0) is 68.0 Å². The zero-order valence-corrected chi connectivity index (χ0v) is 15.5. The Morgan fingerprint density at radius 2 is 1.46 bits per heavy atom. The molecule has 0 atom stereocenters. The van der Waals surface area contributed by atoms with Gasteiger partial charge in [-0.25, -0.2) is 8.78 Å². The summed E-state index contributed by atoms with van der Waals surface area (Å²) in [6.45, 7) is -0.593.